The van der Waals surface area contributed by atoms with Crippen LogP contribution in [0.3, 0.4) is 0 Å². The average Bonchev–Trinajstić information content (AvgIpc) is 2.16. The summed E-state index contributed by atoms with van der Waals surface area (Å²) < 4.78 is 33.3. The zero-order chi connectivity index (χ0) is 11.4. The Kier molecular flexibility index (Phi) is 13.3. The monoisotopic (exact) mass is 212 g/mol. The van der Waals surface area contributed by atoms with Gasteiger partial charge in [-0.15, -0.1) is 0 Å². The summed E-state index contributed by atoms with van der Waals surface area (Å²) in [5, 5.41) is 8.04. The maximum absolute atomic E-state index is 11.4. The number of allylic oxidation sites excluding steroid dienone is 2. The predicted octanol–water partition coefficient (Wildman–Crippen LogP) is 3.04. The first-order valence-corrected chi connectivity index (χ1v) is 4.26. The van der Waals surface area contributed by atoms with Crippen molar-refractivity contribution in [2.24, 2.45) is 0 Å². The first-order valence-electron chi connectivity index (χ1n) is 4.26. The lowest BCUT2D eigenvalue weighted by Crippen LogP contribution is -1.91. The Morgan fingerprint density at radius 3 is 2.14 bits per heavy atom. The van der Waals surface area contributed by atoms with Crippen LogP contribution < -0.4 is 0 Å². The Labute approximate surface area is 81.4 Å². The Morgan fingerprint density at radius 1 is 1.43 bits per heavy atom. The van der Waals surface area contributed by atoms with E-state index < -0.39 is 25.1 Å². The molecule has 0 spiro atoms. The van der Waals surface area contributed by atoms with E-state index in [1.54, 1.807) is 0 Å². The van der Waals surface area contributed by atoms with Crippen LogP contribution in [-0.2, 0) is 4.79 Å². The number of carboxylic acid groups (broad SMARTS) is 1. The van der Waals surface area contributed by atoms with Crippen LogP contribution in [0.1, 0.15) is 26.2 Å². The van der Waals surface area contributed by atoms with E-state index in [1.165, 1.54) is 0 Å². The number of unbranched alkanes of at least 4 members (excludes halogenated alkanes) is 1. The molecule has 0 aliphatic carbocycles. The van der Waals surface area contributed by atoms with E-state index in [0.717, 1.165) is 12.8 Å². The van der Waals surface area contributed by atoms with Gasteiger partial charge in [0.1, 0.15) is 19.2 Å². The number of hydrogen-bond donors (Lipinski definition) is 1. The highest BCUT2D eigenvalue weighted by Gasteiger charge is 1.90. The highest BCUT2D eigenvalue weighted by molar-refractivity contribution is 5.66. The summed E-state index contributed by atoms with van der Waals surface area (Å²) in [6.45, 7) is -0.164. The fourth-order valence-corrected chi connectivity index (χ4v) is 0.466. The molecule has 2 nitrogen and oxygen atoms in total. The van der Waals surface area contributed by atoms with Crippen LogP contribution >= 0.6 is 0 Å². The van der Waals surface area contributed by atoms with Gasteiger partial charge in [0.2, 0.25) is 0 Å². The zero-order valence-electron chi connectivity index (χ0n) is 8.10. The van der Waals surface area contributed by atoms with Crippen LogP contribution in [0.5, 0.6) is 0 Å². The molecule has 14 heavy (non-hydrogen) atoms. The van der Waals surface area contributed by atoms with Gasteiger partial charge in [0.05, 0.1) is 0 Å². The van der Waals surface area contributed by atoms with E-state index in [2.05, 4.69) is 0 Å². The Morgan fingerprint density at radius 2 is 2.00 bits per heavy atom. The van der Waals surface area contributed by atoms with Crippen LogP contribution in [-0.4, -0.2) is 24.4 Å². The zero-order valence-corrected chi connectivity index (χ0v) is 8.10. The SMILES string of the molecule is CCCCC(=O)O.FC/C=C(/F)CF. The molecule has 0 bridgehead atoms. The Balaban J connectivity index is 0. The van der Waals surface area contributed by atoms with Crippen molar-refractivity contribution in [1.82, 2.24) is 0 Å². The van der Waals surface area contributed by atoms with Gasteiger partial charge in [0, 0.05) is 6.42 Å². The molecule has 1 N–H and O–H groups in total. The average molecular weight is 212 g/mol. The van der Waals surface area contributed by atoms with Crippen molar-refractivity contribution in [2.45, 2.75) is 26.2 Å². The standard InChI is InChI=1S/C5H10O2.C4H5F3/c1-2-3-4-5(6)7;5-2-1-4(7)3-6/h2-4H2,1H3,(H,6,7);1H,2-3H2/b;4-1+. The van der Waals surface area contributed by atoms with Gasteiger partial charge in [-0.3, -0.25) is 4.79 Å². The highest BCUT2D eigenvalue weighted by Crippen LogP contribution is 1.94. The molecule has 0 unspecified atom stereocenters. The summed E-state index contributed by atoms with van der Waals surface area (Å²) in [4.78, 5) is 9.76. The molecule has 0 saturated heterocycles. The largest absolute Gasteiger partial charge is 0.481 e. The summed E-state index contributed by atoms with van der Waals surface area (Å²) in [6.07, 6.45) is 2.64. The fraction of sp³-hybridized carbons (Fsp3) is 0.667. The third kappa shape index (κ3) is 17.2. The van der Waals surface area contributed by atoms with Crippen molar-refractivity contribution in [2.75, 3.05) is 13.3 Å². The minimum Gasteiger partial charge on any atom is -0.481 e. The second kappa shape index (κ2) is 12.0. The molecule has 0 saturated carbocycles. The molecule has 0 aromatic rings. The lowest BCUT2D eigenvalue weighted by molar-refractivity contribution is -0.137. The number of carbonyl (C=O) groups is 1. The second-order valence-electron chi connectivity index (χ2n) is 2.44. The van der Waals surface area contributed by atoms with Gasteiger partial charge in [0.25, 0.3) is 0 Å². The normalized spacial score (nSPS) is 10.4. The van der Waals surface area contributed by atoms with E-state index in [0.29, 0.717) is 12.5 Å². The molecule has 0 fully saturated rings. The summed E-state index contributed by atoms with van der Waals surface area (Å²) >= 11 is 0. The third-order valence-electron chi connectivity index (χ3n) is 1.17. The van der Waals surface area contributed by atoms with Crippen molar-refractivity contribution < 1.29 is 23.1 Å². The summed E-state index contributed by atoms with van der Waals surface area (Å²) in [6, 6.07) is 0. The topological polar surface area (TPSA) is 37.3 Å². The van der Waals surface area contributed by atoms with Crippen LogP contribution in [0, 0.1) is 0 Å². The van der Waals surface area contributed by atoms with Crippen molar-refractivity contribution in [3.05, 3.63) is 11.9 Å². The van der Waals surface area contributed by atoms with Gasteiger partial charge in [-0.2, -0.15) is 0 Å². The van der Waals surface area contributed by atoms with Gasteiger partial charge >= 0.3 is 5.97 Å². The molecule has 0 atom stereocenters. The van der Waals surface area contributed by atoms with E-state index in [9.17, 15) is 18.0 Å². The molecule has 0 aromatic heterocycles. The van der Waals surface area contributed by atoms with Gasteiger partial charge in [-0.25, -0.2) is 13.2 Å². The van der Waals surface area contributed by atoms with Crippen LogP contribution in [0.15, 0.2) is 11.9 Å². The number of aliphatic carboxylic acids is 1. The minimum atomic E-state index is -1.20. The number of alkyl halides is 2. The van der Waals surface area contributed by atoms with E-state index in [-0.39, 0.29) is 0 Å². The lowest BCUT2D eigenvalue weighted by Gasteiger charge is -1.85. The van der Waals surface area contributed by atoms with Gasteiger partial charge in [-0.05, 0) is 12.5 Å². The number of halogens is 3. The Hall–Kier alpha value is -1.00. The van der Waals surface area contributed by atoms with Gasteiger partial charge in [-0.1, -0.05) is 13.3 Å². The number of carboxylic acids is 1. The van der Waals surface area contributed by atoms with Crippen LogP contribution in [0.4, 0.5) is 13.2 Å². The third-order valence-corrected chi connectivity index (χ3v) is 1.17. The predicted molar refractivity (Wildman–Crippen MR) is 48.3 cm³/mol. The van der Waals surface area contributed by atoms with Crippen molar-refractivity contribution >= 4 is 5.97 Å². The maximum Gasteiger partial charge on any atom is 0.303 e. The molecule has 0 aliphatic rings. The quantitative estimate of drug-likeness (QED) is 0.760. The highest BCUT2D eigenvalue weighted by atomic mass is 19.2. The number of rotatable bonds is 5. The number of hydrogen-bond acceptors (Lipinski definition) is 1. The van der Waals surface area contributed by atoms with E-state index in [1.807, 2.05) is 6.92 Å². The molecule has 0 amide bonds. The molecular weight excluding hydrogens is 197 g/mol. The fourth-order valence-electron chi connectivity index (χ4n) is 0.466. The lowest BCUT2D eigenvalue weighted by atomic mass is 10.3. The molecule has 84 valence electrons. The van der Waals surface area contributed by atoms with E-state index >= 15 is 0 Å². The molecule has 0 aliphatic heterocycles. The Bertz CT molecular complexity index is 169. The summed E-state index contributed by atoms with van der Waals surface area (Å²) in [5.74, 6) is -1.73. The van der Waals surface area contributed by atoms with Gasteiger partial charge < -0.3 is 5.11 Å². The van der Waals surface area contributed by atoms with Crippen molar-refractivity contribution in [3.63, 3.8) is 0 Å². The summed E-state index contributed by atoms with van der Waals surface area (Å²) in [7, 11) is 0. The maximum atomic E-state index is 11.4. The van der Waals surface area contributed by atoms with Crippen LogP contribution in [0.2, 0.25) is 0 Å². The molecular formula is C9H15F3O2. The molecule has 0 radical (unpaired) electrons. The molecule has 0 rings (SSSR count). The first kappa shape index (κ1) is 15.5. The van der Waals surface area contributed by atoms with Crippen molar-refractivity contribution in [1.29, 1.82) is 0 Å². The van der Waals surface area contributed by atoms with Crippen molar-refractivity contribution in [3.8, 4) is 0 Å². The van der Waals surface area contributed by atoms with Crippen LogP contribution in [0.25, 0.3) is 0 Å². The van der Waals surface area contributed by atoms with E-state index in [4.69, 9.17) is 5.11 Å². The second-order valence-corrected chi connectivity index (χ2v) is 2.44. The molecule has 0 heterocycles. The first-order chi connectivity index (χ1) is 6.58. The smallest absolute Gasteiger partial charge is 0.303 e. The molecule has 0 aromatic carbocycles. The molecule has 5 heteroatoms. The minimum absolute atomic E-state index is 0.316. The summed E-state index contributed by atoms with van der Waals surface area (Å²) in [5.41, 5.74) is 0. The van der Waals surface area contributed by atoms with Gasteiger partial charge in [0.15, 0.2) is 0 Å².